The van der Waals surface area contributed by atoms with Gasteiger partial charge < -0.3 is 10.1 Å². The molecule has 0 heterocycles. The summed E-state index contributed by atoms with van der Waals surface area (Å²) >= 11 is 0. The molecule has 3 aromatic rings. The average molecular weight is 390 g/mol. The molecule has 0 amide bonds. The van der Waals surface area contributed by atoms with Crippen molar-refractivity contribution < 1.29 is 13.5 Å². The lowest BCUT2D eigenvalue weighted by molar-refractivity contribution is 0.296. The highest BCUT2D eigenvalue weighted by Gasteiger charge is 2.06. The number of benzene rings is 3. The van der Waals surface area contributed by atoms with Gasteiger partial charge in [-0.05, 0) is 42.8 Å². The van der Waals surface area contributed by atoms with E-state index < -0.39 is 0 Å². The van der Waals surface area contributed by atoms with Crippen LogP contribution in [0.2, 0.25) is 0 Å². The van der Waals surface area contributed by atoms with Crippen LogP contribution in [0.3, 0.4) is 0 Å². The van der Waals surface area contributed by atoms with E-state index in [2.05, 4.69) is 5.32 Å². The monoisotopic (exact) mass is 389 g/mol. The van der Waals surface area contributed by atoms with Crippen molar-refractivity contribution in [3.8, 4) is 5.75 Å². The normalized spacial score (nSPS) is 10.3. The van der Waals surface area contributed by atoms with Gasteiger partial charge in [-0.2, -0.15) is 0 Å². The van der Waals surface area contributed by atoms with E-state index in [1.54, 1.807) is 30.3 Å². The van der Waals surface area contributed by atoms with E-state index in [-0.39, 0.29) is 30.6 Å². The Hall–Kier alpha value is -2.43. The number of ether oxygens (including phenoxy) is 1. The average Bonchev–Trinajstić information content (AvgIpc) is 2.67. The molecule has 0 aliphatic carbocycles. The maximum atomic E-state index is 13.7. The Labute approximate surface area is 164 Å². The number of para-hydroxylation sites is 1. The van der Waals surface area contributed by atoms with E-state index in [0.717, 1.165) is 29.8 Å². The van der Waals surface area contributed by atoms with E-state index in [1.807, 2.05) is 24.3 Å². The van der Waals surface area contributed by atoms with Crippen LogP contribution in [-0.2, 0) is 19.6 Å². The third-order valence-electron chi connectivity index (χ3n) is 4.13. The van der Waals surface area contributed by atoms with Gasteiger partial charge >= 0.3 is 0 Å². The first kappa shape index (κ1) is 20.9. The molecule has 0 saturated heterocycles. The van der Waals surface area contributed by atoms with Crippen molar-refractivity contribution in [3.63, 3.8) is 0 Å². The highest BCUT2D eigenvalue weighted by molar-refractivity contribution is 5.85. The van der Waals surface area contributed by atoms with Gasteiger partial charge in [0, 0.05) is 17.7 Å². The number of hydrogen-bond acceptors (Lipinski definition) is 2. The first-order valence-corrected chi connectivity index (χ1v) is 8.61. The Morgan fingerprint density at radius 3 is 2.19 bits per heavy atom. The fourth-order valence-electron chi connectivity index (χ4n) is 2.67. The molecule has 142 valence electrons. The molecule has 0 spiro atoms. The van der Waals surface area contributed by atoms with Gasteiger partial charge in [-0.15, -0.1) is 12.4 Å². The minimum atomic E-state index is -0.262. The van der Waals surface area contributed by atoms with Crippen LogP contribution in [0.15, 0.2) is 72.8 Å². The molecule has 0 atom stereocenters. The van der Waals surface area contributed by atoms with Gasteiger partial charge in [0.1, 0.15) is 24.0 Å². The highest BCUT2D eigenvalue weighted by Crippen LogP contribution is 2.20. The minimum absolute atomic E-state index is 0. The molecule has 0 radical (unpaired) electrons. The van der Waals surface area contributed by atoms with Crippen LogP contribution in [0.5, 0.6) is 5.75 Å². The fraction of sp³-hybridized carbons (Fsp3) is 0.182. The standard InChI is InChI=1S/C22H21F2NO.ClH/c23-20-11-9-17(10-12-20)13-14-25-15-18-5-2-4-8-22(18)26-16-19-6-1-3-7-21(19)24;/h1-12,25H,13-16H2;1H. The number of halogens is 3. The lowest BCUT2D eigenvalue weighted by Gasteiger charge is -2.13. The topological polar surface area (TPSA) is 21.3 Å². The van der Waals surface area contributed by atoms with Crippen molar-refractivity contribution in [2.24, 2.45) is 0 Å². The van der Waals surface area contributed by atoms with E-state index >= 15 is 0 Å². The molecule has 5 heteroatoms. The van der Waals surface area contributed by atoms with Gasteiger partial charge in [-0.1, -0.05) is 48.5 Å². The molecule has 0 aromatic heterocycles. The lowest BCUT2D eigenvalue weighted by Crippen LogP contribution is -2.17. The zero-order valence-electron chi connectivity index (χ0n) is 14.8. The van der Waals surface area contributed by atoms with Crippen LogP contribution in [0, 0.1) is 11.6 Å². The van der Waals surface area contributed by atoms with Crippen molar-refractivity contribution in [1.82, 2.24) is 5.32 Å². The Morgan fingerprint density at radius 2 is 1.44 bits per heavy atom. The maximum Gasteiger partial charge on any atom is 0.129 e. The van der Waals surface area contributed by atoms with E-state index in [4.69, 9.17) is 4.74 Å². The second-order valence-corrected chi connectivity index (χ2v) is 6.04. The molecule has 0 saturated carbocycles. The molecular formula is C22H22ClF2NO. The Morgan fingerprint density at radius 1 is 0.778 bits per heavy atom. The van der Waals surface area contributed by atoms with Gasteiger partial charge in [0.05, 0.1) is 0 Å². The lowest BCUT2D eigenvalue weighted by atomic mass is 10.1. The van der Waals surface area contributed by atoms with Crippen LogP contribution < -0.4 is 10.1 Å². The SMILES string of the molecule is Cl.Fc1ccc(CCNCc2ccccc2OCc2ccccc2F)cc1. The van der Waals surface area contributed by atoms with Gasteiger partial charge in [0.15, 0.2) is 0 Å². The number of hydrogen-bond donors (Lipinski definition) is 1. The largest absolute Gasteiger partial charge is 0.488 e. The number of nitrogens with one attached hydrogen (secondary N) is 1. The molecule has 0 aliphatic rings. The van der Waals surface area contributed by atoms with Crippen LogP contribution in [0.25, 0.3) is 0 Å². The minimum Gasteiger partial charge on any atom is -0.488 e. The van der Waals surface area contributed by atoms with Crippen molar-refractivity contribution in [3.05, 3.63) is 101 Å². The number of rotatable bonds is 8. The summed E-state index contributed by atoms with van der Waals surface area (Å²) in [5, 5.41) is 3.37. The maximum absolute atomic E-state index is 13.7. The van der Waals surface area contributed by atoms with Gasteiger partial charge in [0.2, 0.25) is 0 Å². The Balaban J connectivity index is 0.00000261. The Kier molecular flexibility index (Phi) is 8.24. The molecular weight excluding hydrogens is 368 g/mol. The van der Waals surface area contributed by atoms with E-state index in [1.165, 1.54) is 18.2 Å². The summed E-state index contributed by atoms with van der Waals surface area (Å²) in [5.41, 5.74) is 2.64. The van der Waals surface area contributed by atoms with Gasteiger partial charge in [-0.3, -0.25) is 0 Å². The van der Waals surface area contributed by atoms with Crippen molar-refractivity contribution >= 4 is 12.4 Å². The smallest absolute Gasteiger partial charge is 0.129 e. The summed E-state index contributed by atoms with van der Waals surface area (Å²) in [6, 6.07) is 20.9. The summed E-state index contributed by atoms with van der Waals surface area (Å²) in [4.78, 5) is 0. The van der Waals surface area contributed by atoms with Crippen molar-refractivity contribution in [2.75, 3.05) is 6.54 Å². The highest BCUT2D eigenvalue weighted by atomic mass is 35.5. The van der Waals surface area contributed by atoms with Gasteiger partial charge in [-0.25, -0.2) is 8.78 Å². The molecule has 0 aliphatic heterocycles. The van der Waals surface area contributed by atoms with E-state index in [9.17, 15) is 8.78 Å². The first-order valence-electron chi connectivity index (χ1n) is 8.61. The third kappa shape index (κ3) is 6.35. The summed E-state index contributed by atoms with van der Waals surface area (Å²) in [7, 11) is 0. The summed E-state index contributed by atoms with van der Waals surface area (Å²) < 4.78 is 32.4. The van der Waals surface area contributed by atoms with Crippen LogP contribution in [-0.4, -0.2) is 6.54 Å². The molecule has 0 bridgehead atoms. The third-order valence-corrected chi connectivity index (χ3v) is 4.13. The van der Waals surface area contributed by atoms with Crippen molar-refractivity contribution in [2.45, 2.75) is 19.6 Å². The molecule has 2 nitrogen and oxygen atoms in total. The summed E-state index contributed by atoms with van der Waals surface area (Å²) in [6.45, 7) is 1.61. The summed E-state index contributed by atoms with van der Waals surface area (Å²) in [5.74, 6) is 0.259. The predicted octanol–water partition coefficient (Wildman–Crippen LogP) is 5.30. The van der Waals surface area contributed by atoms with Crippen molar-refractivity contribution in [1.29, 1.82) is 0 Å². The quantitative estimate of drug-likeness (QED) is 0.528. The van der Waals surface area contributed by atoms with Crippen LogP contribution >= 0.6 is 12.4 Å². The first-order chi connectivity index (χ1) is 12.7. The van der Waals surface area contributed by atoms with Gasteiger partial charge in [0.25, 0.3) is 0 Å². The molecule has 27 heavy (non-hydrogen) atoms. The molecule has 0 fully saturated rings. The van der Waals surface area contributed by atoms with Crippen LogP contribution in [0.4, 0.5) is 8.78 Å². The predicted molar refractivity (Wildman–Crippen MR) is 106 cm³/mol. The molecule has 1 N–H and O–H groups in total. The fourth-order valence-corrected chi connectivity index (χ4v) is 2.67. The van der Waals surface area contributed by atoms with E-state index in [0.29, 0.717) is 12.1 Å². The summed E-state index contributed by atoms with van der Waals surface area (Å²) in [6.07, 6.45) is 0.818. The molecule has 3 rings (SSSR count). The second kappa shape index (κ2) is 10.7. The second-order valence-electron chi connectivity index (χ2n) is 6.04. The molecule has 0 unspecified atom stereocenters. The zero-order valence-corrected chi connectivity index (χ0v) is 15.6. The molecule has 3 aromatic carbocycles. The Bertz CT molecular complexity index is 840. The zero-order chi connectivity index (χ0) is 18.2. The van der Waals surface area contributed by atoms with Crippen LogP contribution in [0.1, 0.15) is 16.7 Å².